The van der Waals surface area contributed by atoms with Gasteiger partial charge in [-0.15, -0.1) is 0 Å². The molecule has 12 nitrogen and oxygen atoms in total. The lowest BCUT2D eigenvalue weighted by Crippen LogP contribution is -2.55. The fourth-order valence-electron chi connectivity index (χ4n) is 5.65. The molecule has 0 radical (unpaired) electrons. The van der Waals surface area contributed by atoms with Gasteiger partial charge in [0.15, 0.2) is 5.82 Å². The highest BCUT2D eigenvalue weighted by Gasteiger charge is 2.45. The number of alkyl halides is 1. The molecule has 5 atom stereocenters. The number of aromatic nitrogens is 3. The van der Waals surface area contributed by atoms with Crippen LogP contribution in [0.4, 0.5) is 31.3 Å². The summed E-state index contributed by atoms with van der Waals surface area (Å²) in [5.41, 5.74) is 0.546. The molecule has 2 aromatic heterocycles. The third kappa shape index (κ3) is 6.13. The van der Waals surface area contributed by atoms with Crippen molar-refractivity contribution in [3.8, 4) is 5.88 Å². The maximum absolute atomic E-state index is 15.0. The maximum Gasteiger partial charge on any atom is 0.411 e. The fraction of sp³-hybridized carbons (Fsp3) is 0.577. The van der Waals surface area contributed by atoms with E-state index in [9.17, 15) is 14.0 Å². The molecule has 3 aliphatic rings. The Morgan fingerprint density at radius 3 is 2.72 bits per heavy atom. The number of likely N-dealkylation sites (tertiary alicyclic amines) is 1. The minimum absolute atomic E-state index is 0.0628. The number of urea groups is 1. The number of fused-ring (bicyclic) bond motifs is 2. The van der Waals surface area contributed by atoms with E-state index in [-0.39, 0.29) is 24.9 Å². The molecular weight excluding hydrogens is 507 g/mol. The van der Waals surface area contributed by atoms with Crippen molar-refractivity contribution in [2.24, 2.45) is 5.92 Å². The molecule has 210 valence electrons. The summed E-state index contributed by atoms with van der Waals surface area (Å²) in [6.45, 7) is 3.91. The number of carbonyl (C=O) groups excluding carboxylic acids is 2. The van der Waals surface area contributed by atoms with E-state index in [1.54, 1.807) is 25.4 Å². The number of halogens is 1. The van der Waals surface area contributed by atoms with Gasteiger partial charge in [0, 0.05) is 63.0 Å². The van der Waals surface area contributed by atoms with Crippen LogP contribution in [0.5, 0.6) is 5.88 Å². The van der Waals surface area contributed by atoms with Crippen molar-refractivity contribution >= 4 is 29.4 Å². The van der Waals surface area contributed by atoms with Gasteiger partial charge in [0.05, 0.1) is 25.0 Å². The largest absolute Gasteiger partial charge is 0.477 e. The zero-order valence-electron chi connectivity index (χ0n) is 22.4. The van der Waals surface area contributed by atoms with Crippen LogP contribution >= 0.6 is 0 Å². The van der Waals surface area contributed by atoms with Crippen LogP contribution in [0.2, 0.25) is 0 Å². The van der Waals surface area contributed by atoms with Crippen molar-refractivity contribution in [1.29, 1.82) is 0 Å². The van der Waals surface area contributed by atoms with Crippen LogP contribution in [0.3, 0.4) is 0 Å². The van der Waals surface area contributed by atoms with Crippen LogP contribution in [0.25, 0.3) is 0 Å². The number of anilines is 3. The molecule has 0 unspecified atom stereocenters. The summed E-state index contributed by atoms with van der Waals surface area (Å²) >= 11 is 0. The maximum atomic E-state index is 15.0. The Hall–Kier alpha value is -3.74. The van der Waals surface area contributed by atoms with Crippen molar-refractivity contribution in [1.82, 2.24) is 24.8 Å². The second kappa shape index (κ2) is 11.6. The van der Waals surface area contributed by atoms with E-state index >= 15 is 0 Å². The highest BCUT2D eigenvalue weighted by molar-refractivity contribution is 5.88. The van der Waals surface area contributed by atoms with Crippen LogP contribution < -0.4 is 20.3 Å². The molecular formula is C26H35FN8O4. The zero-order chi connectivity index (χ0) is 27.5. The summed E-state index contributed by atoms with van der Waals surface area (Å²) in [5, 5.41) is 5.46. The lowest BCUT2D eigenvalue weighted by molar-refractivity contribution is 0.0586. The Morgan fingerprint density at radius 2 is 2.03 bits per heavy atom. The molecule has 3 amide bonds. The third-order valence-electron chi connectivity index (χ3n) is 7.80. The number of carbonyl (C=O) groups is 2. The molecule has 2 saturated heterocycles. The molecule has 3 fully saturated rings. The van der Waals surface area contributed by atoms with Gasteiger partial charge in [-0.25, -0.2) is 28.9 Å². The first-order chi connectivity index (χ1) is 18.8. The fourth-order valence-corrected chi connectivity index (χ4v) is 5.65. The smallest absolute Gasteiger partial charge is 0.411 e. The molecule has 2 bridgehead atoms. The van der Waals surface area contributed by atoms with Gasteiger partial charge in [-0.3, -0.25) is 10.6 Å². The highest BCUT2D eigenvalue weighted by Crippen LogP contribution is 2.38. The number of piperidine rings is 2. The summed E-state index contributed by atoms with van der Waals surface area (Å²) in [5.74, 6) is 1.56. The standard InChI is InChI=1S/C26H35FN8O4/c1-4-38-24-13-29-22(12-30-24)32-25(36)34(3)20-15-35(8-6-19(20)27)23-10-17(5-7-28-23)31-26(37)39-21-11-18-9-16(21)14-33(18)2/h5,7,10,12-13,16,18-21H,4,6,8-9,11,14-15H2,1-3H3,(H,28,31,37)(H,29,32,36)/t16-,18-,19+,20-,21+/m0/s1. The van der Waals surface area contributed by atoms with E-state index in [0.717, 1.165) is 19.4 Å². The Balaban J connectivity index is 1.17. The first-order valence-corrected chi connectivity index (χ1v) is 13.3. The van der Waals surface area contributed by atoms with Crippen molar-refractivity contribution in [3.63, 3.8) is 0 Å². The van der Waals surface area contributed by atoms with Crippen molar-refractivity contribution in [2.45, 2.75) is 50.5 Å². The second-order valence-corrected chi connectivity index (χ2v) is 10.3. The molecule has 0 aromatic carbocycles. The first kappa shape index (κ1) is 26.9. The van der Waals surface area contributed by atoms with Gasteiger partial charge in [-0.1, -0.05) is 0 Å². The Labute approximate surface area is 226 Å². The van der Waals surface area contributed by atoms with Gasteiger partial charge in [0.1, 0.15) is 18.1 Å². The van der Waals surface area contributed by atoms with E-state index in [1.807, 2.05) is 11.8 Å². The van der Waals surface area contributed by atoms with E-state index < -0.39 is 24.3 Å². The van der Waals surface area contributed by atoms with E-state index in [4.69, 9.17) is 9.47 Å². The molecule has 2 aromatic rings. The molecule has 1 aliphatic carbocycles. The number of rotatable bonds is 7. The summed E-state index contributed by atoms with van der Waals surface area (Å²) in [7, 11) is 3.66. The Morgan fingerprint density at radius 1 is 1.18 bits per heavy atom. The average molecular weight is 543 g/mol. The van der Waals surface area contributed by atoms with Gasteiger partial charge >= 0.3 is 12.1 Å². The van der Waals surface area contributed by atoms with Crippen LogP contribution in [0, 0.1) is 5.92 Å². The van der Waals surface area contributed by atoms with E-state index in [2.05, 4.69) is 37.5 Å². The van der Waals surface area contributed by atoms with Gasteiger partial charge in [-0.2, -0.15) is 0 Å². The first-order valence-electron chi connectivity index (χ1n) is 13.3. The molecule has 4 heterocycles. The van der Waals surface area contributed by atoms with Crippen LogP contribution in [-0.2, 0) is 4.74 Å². The molecule has 13 heteroatoms. The number of nitrogens with zero attached hydrogens (tertiary/aromatic N) is 6. The quantitative estimate of drug-likeness (QED) is 0.543. The van der Waals surface area contributed by atoms with Crippen LogP contribution in [0.1, 0.15) is 26.2 Å². The van der Waals surface area contributed by atoms with Gasteiger partial charge < -0.3 is 24.2 Å². The molecule has 5 rings (SSSR count). The summed E-state index contributed by atoms with van der Waals surface area (Å²) in [6, 6.07) is 2.70. The molecule has 0 spiro atoms. The average Bonchev–Trinajstić information content (AvgIpc) is 3.49. The molecule has 1 saturated carbocycles. The molecule has 2 N–H and O–H groups in total. The number of hydrogen-bond donors (Lipinski definition) is 2. The molecule has 39 heavy (non-hydrogen) atoms. The van der Waals surface area contributed by atoms with E-state index in [0.29, 0.717) is 42.5 Å². The normalized spacial score (nSPS) is 26.3. The minimum atomic E-state index is -1.21. The van der Waals surface area contributed by atoms with Crippen LogP contribution in [0.15, 0.2) is 30.7 Å². The number of nitrogens with one attached hydrogen (secondary N) is 2. The number of likely N-dealkylation sites (N-methyl/N-ethyl adjacent to an activating group) is 1. The lowest BCUT2D eigenvalue weighted by atomic mass is 10.0. The topological polar surface area (TPSA) is 125 Å². The Kier molecular flexibility index (Phi) is 7.96. The second-order valence-electron chi connectivity index (χ2n) is 10.3. The minimum Gasteiger partial charge on any atom is -0.477 e. The predicted octanol–water partition coefficient (Wildman–Crippen LogP) is 2.99. The highest BCUT2D eigenvalue weighted by atomic mass is 19.1. The number of ether oxygens (including phenoxy) is 2. The summed E-state index contributed by atoms with van der Waals surface area (Å²) in [4.78, 5) is 43.6. The van der Waals surface area contributed by atoms with Crippen LogP contribution in [-0.4, -0.2) is 102 Å². The summed E-state index contributed by atoms with van der Waals surface area (Å²) in [6.07, 6.45) is 4.80. The third-order valence-corrected chi connectivity index (χ3v) is 7.80. The van der Waals surface area contributed by atoms with Gasteiger partial charge in [0.25, 0.3) is 0 Å². The van der Waals surface area contributed by atoms with Crippen molar-refractivity contribution in [2.75, 3.05) is 55.9 Å². The SMILES string of the molecule is CCOc1cnc(NC(=O)N(C)[C@H]2CN(c3cc(NC(=O)O[C@@H]4C[C@@H]5C[C@H]4CN5C)ccn3)CC[C@H]2F)cn1. The Bertz CT molecular complexity index is 1170. The van der Waals surface area contributed by atoms with Gasteiger partial charge in [-0.05, 0) is 32.9 Å². The van der Waals surface area contributed by atoms with Crippen molar-refractivity contribution < 1.29 is 23.5 Å². The van der Waals surface area contributed by atoms with Crippen molar-refractivity contribution in [3.05, 3.63) is 30.7 Å². The number of pyridine rings is 1. The number of amides is 3. The van der Waals surface area contributed by atoms with E-state index in [1.165, 1.54) is 17.3 Å². The monoisotopic (exact) mass is 542 g/mol. The zero-order valence-corrected chi connectivity index (χ0v) is 22.4. The molecule has 2 aliphatic heterocycles. The summed E-state index contributed by atoms with van der Waals surface area (Å²) < 4.78 is 25.9. The van der Waals surface area contributed by atoms with Gasteiger partial charge in [0.2, 0.25) is 5.88 Å². The predicted molar refractivity (Wildman–Crippen MR) is 143 cm³/mol. The number of hydrogen-bond acceptors (Lipinski definition) is 9. The lowest BCUT2D eigenvalue weighted by Gasteiger charge is -2.40.